The van der Waals surface area contributed by atoms with Crippen molar-refractivity contribution < 1.29 is 23.9 Å². The quantitative estimate of drug-likeness (QED) is 0.280. The van der Waals surface area contributed by atoms with Crippen molar-refractivity contribution >= 4 is 29.4 Å². The lowest BCUT2D eigenvalue weighted by Crippen LogP contribution is -2.52. The lowest BCUT2D eigenvalue weighted by Gasteiger charge is -2.29. The number of ether oxygens (including phenoxy) is 1. The number of fused-ring (bicyclic) bond motifs is 1. The first kappa shape index (κ1) is 27.3. The molecule has 0 radical (unpaired) electrons. The van der Waals surface area contributed by atoms with Gasteiger partial charge < -0.3 is 25.6 Å². The molecule has 10 nitrogen and oxygen atoms in total. The van der Waals surface area contributed by atoms with Crippen molar-refractivity contribution in [1.82, 2.24) is 20.9 Å². The number of benzene rings is 2. The van der Waals surface area contributed by atoms with E-state index in [1.165, 1.54) is 10.5 Å². The summed E-state index contributed by atoms with van der Waals surface area (Å²) in [5.41, 5.74) is 6.32. The van der Waals surface area contributed by atoms with Gasteiger partial charge in [-0.1, -0.05) is 12.1 Å². The Hall–Kier alpha value is -3.76. The maximum Gasteiger partial charge on any atom is 0.319 e. The number of carbonyl (C=O) groups excluding carboxylic acids is 4. The number of rotatable bonds is 10. The number of carbonyl (C=O) groups is 4. The van der Waals surface area contributed by atoms with Crippen molar-refractivity contribution in [2.45, 2.75) is 52.2 Å². The number of piperidine rings is 1. The highest BCUT2D eigenvalue weighted by atomic mass is 16.5. The summed E-state index contributed by atoms with van der Waals surface area (Å²) in [5.74, 6) is -0.963. The Labute approximate surface area is 222 Å². The molecule has 4 N–H and O–H groups in total. The maximum absolute atomic E-state index is 12.9. The molecule has 2 heterocycles. The van der Waals surface area contributed by atoms with Gasteiger partial charge in [-0.15, -0.1) is 0 Å². The summed E-state index contributed by atoms with van der Waals surface area (Å²) in [5, 5.41) is 11.2. The van der Waals surface area contributed by atoms with E-state index in [9.17, 15) is 19.2 Å². The highest BCUT2D eigenvalue weighted by molar-refractivity contribution is 6.05. The zero-order chi connectivity index (χ0) is 27.2. The average molecular weight is 522 g/mol. The van der Waals surface area contributed by atoms with Gasteiger partial charge in [0.2, 0.25) is 11.8 Å². The second-order valence-corrected chi connectivity index (χ2v) is 9.74. The van der Waals surface area contributed by atoms with E-state index in [1.807, 2.05) is 32.2 Å². The zero-order valence-electron chi connectivity index (χ0n) is 22.1. The molecule has 202 valence electrons. The standard InChI is InChI=1S/C28H35N5O5/c1-17-12-22(14-20(18(17)2)8-10-38-11-9-29-3)31-28(37)30-15-19-4-5-23-21(13-19)16-33(27(23)36)24-6-7-25(34)32-26(24)35/h4-5,12-14,24,29H,6-11,15-16H2,1-3H3,(H2,30,31,37)(H,32,34,35). The number of imide groups is 1. The summed E-state index contributed by atoms with van der Waals surface area (Å²) >= 11 is 0. The summed E-state index contributed by atoms with van der Waals surface area (Å²) in [7, 11) is 1.89. The molecule has 0 spiro atoms. The van der Waals surface area contributed by atoms with Crippen LogP contribution in [0.15, 0.2) is 30.3 Å². The van der Waals surface area contributed by atoms with Gasteiger partial charge in [0, 0.05) is 37.3 Å². The molecule has 1 unspecified atom stereocenters. The Morgan fingerprint density at radius 3 is 2.71 bits per heavy atom. The van der Waals surface area contributed by atoms with Crippen LogP contribution in [0.3, 0.4) is 0 Å². The van der Waals surface area contributed by atoms with E-state index in [0.717, 1.165) is 40.9 Å². The van der Waals surface area contributed by atoms with Gasteiger partial charge in [0.1, 0.15) is 6.04 Å². The van der Waals surface area contributed by atoms with Gasteiger partial charge in [-0.2, -0.15) is 0 Å². The first-order valence-electron chi connectivity index (χ1n) is 12.9. The molecular formula is C28H35N5O5. The number of hydrogen-bond acceptors (Lipinski definition) is 6. The molecule has 0 saturated carbocycles. The Morgan fingerprint density at radius 2 is 1.95 bits per heavy atom. The average Bonchev–Trinajstić information content (AvgIpc) is 3.20. The fraction of sp³-hybridized carbons (Fsp3) is 0.429. The fourth-order valence-electron chi connectivity index (χ4n) is 4.82. The van der Waals surface area contributed by atoms with Gasteiger partial charge in [-0.05, 0) is 79.8 Å². The second kappa shape index (κ2) is 12.2. The molecule has 10 heteroatoms. The molecule has 2 aliphatic heterocycles. The molecule has 2 aromatic carbocycles. The number of likely N-dealkylation sites (N-methyl/N-ethyl adjacent to an activating group) is 1. The van der Waals surface area contributed by atoms with Crippen molar-refractivity contribution in [3.8, 4) is 0 Å². The molecule has 1 saturated heterocycles. The molecular weight excluding hydrogens is 486 g/mol. The Balaban J connectivity index is 1.33. The SMILES string of the molecule is CNCCOCCc1cc(NC(=O)NCc2ccc3c(c2)CN(C2CCC(=O)NC2=O)C3=O)cc(C)c1C. The molecule has 1 atom stereocenters. The molecule has 0 aliphatic carbocycles. The largest absolute Gasteiger partial charge is 0.380 e. The molecule has 4 rings (SSSR count). The number of anilines is 1. The van der Waals surface area contributed by atoms with Crippen LogP contribution in [0.4, 0.5) is 10.5 Å². The van der Waals surface area contributed by atoms with E-state index in [4.69, 9.17) is 4.74 Å². The Kier molecular flexibility index (Phi) is 8.75. The van der Waals surface area contributed by atoms with Crippen molar-refractivity contribution in [2.24, 2.45) is 0 Å². The first-order chi connectivity index (χ1) is 18.3. The van der Waals surface area contributed by atoms with Gasteiger partial charge in [0.05, 0.1) is 13.2 Å². The summed E-state index contributed by atoms with van der Waals surface area (Å²) in [6.07, 6.45) is 1.30. The predicted octanol–water partition coefficient (Wildman–Crippen LogP) is 2.16. The monoisotopic (exact) mass is 521 g/mol. The van der Waals surface area contributed by atoms with Crippen molar-refractivity contribution in [2.75, 3.05) is 32.1 Å². The van der Waals surface area contributed by atoms with Crippen molar-refractivity contribution in [3.63, 3.8) is 0 Å². The van der Waals surface area contributed by atoms with Crippen LogP contribution in [0.25, 0.3) is 0 Å². The van der Waals surface area contributed by atoms with E-state index in [2.05, 4.69) is 28.2 Å². The number of aryl methyl sites for hydroxylation is 1. The van der Waals surface area contributed by atoms with E-state index in [1.54, 1.807) is 12.1 Å². The third kappa shape index (κ3) is 6.38. The summed E-state index contributed by atoms with van der Waals surface area (Å²) in [4.78, 5) is 50.7. The molecule has 2 aromatic rings. The Bertz CT molecular complexity index is 1240. The minimum Gasteiger partial charge on any atom is -0.380 e. The topological polar surface area (TPSA) is 129 Å². The predicted molar refractivity (Wildman–Crippen MR) is 143 cm³/mol. The van der Waals surface area contributed by atoms with Crippen molar-refractivity contribution in [3.05, 3.63) is 63.7 Å². The van der Waals surface area contributed by atoms with E-state index in [0.29, 0.717) is 31.7 Å². The van der Waals surface area contributed by atoms with E-state index < -0.39 is 11.9 Å². The van der Waals surface area contributed by atoms with Crippen LogP contribution >= 0.6 is 0 Å². The number of nitrogens with zero attached hydrogens (tertiary/aromatic N) is 1. The molecule has 1 fully saturated rings. The van der Waals surface area contributed by atoms with Crippen molar-refractivity contribution in [1.29, 1.82) is 0 Å². The zero-order valence-corrected chi connectivity index (χ0v) is 22.1. The summed E-state index contributed by atoms with van der Waals surface area (Å²) in [6.45, 7) is 6.74. The van der Waals surface area contributed by atoms with Gasteiger partial charge >= 0.3 is 6.03 Å². The number of amides is 5. The number of urea groups is 1. The first-order valence-corrected chi connectivity index (χ1v) is 12.9. The Morgan fingerprint density at radius 1 is 1.13 bits per heavy atom. The van der Waals surface area contributed by atoms with E-state index in [-0.39, 0.29) is 30.8 Å². The normalized spacial score (nSPS) is 16.9. The minimum atomic E-state index is -0.650. The van der Waals surface area contributed by atoms with Gasteiger partial charge in [0.25, 0.3) is 5.91 Å². The van der Waals surface area contributed by atoms with Gasteiger partial charge in [-0.3, -0.25) is 19.7 Å². The molecule has 0 bridgehead atoms. The molecule has 38 heavy (non-hydrogen) atoms. The summed E-state index contributed by atoms with van der Waals surface area (Å²) in [6, 6.07) is 8.36. The minimum absolute atomic E-state index is 0.216. The number of hydrogen-bond donors (Lipinski definition) is 4. The van der Waals surface area contributed by atoms with Crippen LogP contribution in [0.5, 0.6) is 0 Å². The third-order valence-corrected chi connectivity index (χ3v) is 7.09. The highest BCUT2D eigenvalue weighted by Gasteiger charge is 2.39. The molecule has 0 aromatic heterocycles. The summed E-state index contributed by atoms with van der Waals surface area (Å²) < 4.78 is 5.65. The van der Waals surface area contributed by atoms with Crippen LogP contribution < -0.4 is 21.3 Å². The van der Waals surface area contributed by atoms with Crippen LogP contribution in [0.1, 0.15) is 51.0 Å². The fourth-order valence-corrected chi connectivity index (χ4v) is 4.82. The smallest absolute Gasteiger partial charge is 0.319 e. The van der Waals surface area contributed by atoms with Gasteiger partial charge in [-0.25, -0.2) is 4.79 Å². The molecule has 2 aliphatic rings. The van der Waals surface area contributed by atoms with Crippen LogP contribution in [0.2, 0.25) is 0 Å². The van der Waals surface area contributed by atoms with E-state index >= 15 is 0 Å². The van der Waals surface area contributed by atoms with Crippen LogP contribution in [0, 0.1) is 13.8 Å². The maximum atomic E-state index is 12.9. The highest BCUT2D eigenvalue weighted by Crippen LogP contribution is 2.28. The van der Waals surface area contributed by atoms with Crippen LogP contribution in [-0.2, 0) is 33.8 Å². The lowest BCUT2D eigenvalue weighted by atomic mass is 10.00. The lowest BCUT2D eigenvalue weighted by molar-refractivity contribution is -0.136. The molecule has 5 amide bonds. The number of nitrogens with one attached hydrogen (secondary N) is 4. The third-order valence-electron chi connectivity index (χ3n) is 7.09. The van der Waals surface area contributed by atoms with Gasteiger partial charge in [0.15, 0.2) is 0 Å². The second-order valence-electron chi connectivity index (χ2n) is 9.74. The van der Waals surface area contributed by atoms with Crippen LogP contribution in [-0.4, -0.2) is 61.5 Å².